The highest BCUT2D eigenvalue weighted by molar-refractivity contribution is 6.12. The molecule has 0 aliphatic carbocycles. The van der Waals surface area contributed by atoms with Crippen molar-refractivity contribution < 1.29 is 4.42 Å². The van der Waals surface area contributed by atoms with Gasteiger partial charge < -0.3 is 8.98 Å². The summed E-state index contributed by atoms with van der Waals surface area (Å²) in [6.45, 7) is 0. The van der Waals surface area contributed by atoms with Gasteiger partial charge in [0.2, 0.25) is 5.78 Å². The number of hydrogen-bond donors (Lipinski definition) is 0. The number of aryl methyl sites for hydroxylation is 1. The van der Waals surface area contributed by atoms with E-state index in [1.165, 1.54) is 0 Å². The molecule has 6 rings (SSSR count). The van der Waals surface area contributed by atoms with Gasteiger partial charge >= 0.3 is 0 Å². The molecule has 0 bridgehead atoms. The Labute approximate surface area is 135 Å². The summed E-state index contributed by atoms with van der Waals surface area (Å²) in [6.07, 6.45) is 1.91. The fourth-order valence-corrected chi connectivity index (χ4v) is 3.65. The summed E-state index contributed by atoms with van der Waals surface area (Å²) in [4.78, 5) is 9.43. The number of rotatable bonds is 0. The van der Waals surface area contributed by atoms with Crippen LogP contribution < -0.4 is 0 Å². The van der Waals surface area contributed by atoms with Crippen molar-refractivity contribution in [2.75, 3.05) is 0 Å². The lowest BCUT2D eigenvalue weighted by Crippen LogP contribution is -1.88. The molecule has 0 radical (unpaired) electrons. The first-order valence-electron chi connectivity index (χ1n) is 7.85. The number of imidazole rings is 2. The molecule has 0 aliphatic heterocycles. The normalized spacial score (nSPS) is 12.4. The molecule has 0 saturated carbocycles. The summed E-state index contributed by atoms with van der Waals surface area (Å²) >= 11 is 0. The second-order valence-corrected chi connectivity index (χ2v) is 6.06. The van der Waals surface area contributed by atoms with Gasteiger partial charge in [-0.3, -0.25) is 4.40 Å². The first-order chi connectivity index (χ1) is 11.8. The molecule has 0 aliphatic rings. The van der Waals surface area contributed by atoms with Crippen LogP contribution in [-0.4, -0.2) is 18.9 Å². The van der Waals surface area contributed by atoms with Crippen LogP contribution in [0.4, 0.5) is 0 Å². The molecule has 114 valence electrons. The van der Waals surface area contributed by atoms with Gasteiger partial charge in [0.1, 0.15) is 16.6 Å². The second-order valence-electron chi connectivity index (χ2n) is 6.06. The Morgan fingerprint density at radius 3 is 2.75 bits per heavy atom. The fraction of sp³-hybridized carbons (Fsp3) is 0.0526. The quantitative estimate of drug-likeness (QED) is 0.421. The molecule has 5 nitrogen and oxygen atoms in total. The molecule has 2 aromatic carbocycles. The first-order valence-corrected chi connectivity index (χ1v) is 7.85. The van der Waals surface area contributed by atoms with Crippen LogP contribution in [0.2, 0.25) is 0 Å². The maximum Gasteiger partial charge on any atom is 0.215 e. The van der Waals surface area contributed by atoms with Crippen LogP contribution in [0.1, 0.15) is 0 Å². The van der Waals surface area contributed by atoms with Crippen molar-refractivity contribution in [1.82, 2.24) is 18.9 Å². The number of fused-ring (bicyclic) bond motifs is 9. The topological polar surface area (TPSA) is 48.3 Å². The summed E-state index contributed by atoms with van der Waals surface area (Å²) in [5.41, 5.74) is 6.63. The first kappa shape index (κ1) is 12.1. The van der Waals surface area contributed by atoms with Crippen LogP contribution >= 0.6 is 0 Å². The van der Waals surface area contributed by atoms with Gasteiger partial charge in [-0.05, 0) is 24.3 Å². The Morgan fingerprint density at radius 1 is 0.958 bits per heavy atom. The van der Waals surface area contributed by atoms with Gasteiger partial charge in [0, 0.05) is 12.4 Å². The van der Waals surface area contributed by atoms with Crippen molar-refractivity contribution in [2.24, 2.45) is 7.05 Å². The number of aromatic nitrogens is 4. The summed E-state index contributed by atoms with van der Waals surface area (Å²) in [5.74, 6) is 0.890. The van der Waals surface area contributed by atoms with E-state index in [2.05, 4.69) is 20.0 Å². The zero-order valence-electron chi connectivity index (χ0n) is 12.9. The van der Waals surface area contributed by atoms with Crippen molar-refractivity contribution in [3.63, 3.8) is 0 Å². The van der Waals surface area contributed by atoms with E-state index in [4.69, 9.17) is 9.40 Å². The van der Waals surface area contributed by atoms with E-state index in [-0.39, 0.29) is 0 Å². The van der Waals surface area contributed by atoms with Gasteiger partial charge in [-0.25, -0.2) is 9.97 Å². The lowest BCUT2D eigenvalue weighted by Gasteiger charge is -1.96. The maximum absolute atomic E-state index is 6.18. The number of nitrogens with zero attached hydrogens (tertiary/aromatic N) is 4. The van der Waals surface area contributed by atoms with E-state index in [9.17, 15) is 0 Å². The third kappa shape index (κ3) is 1.27. The molecule has 0 spiro atoms. The molecule has 4 heterocycles. The molecule has 0 amide bonds. The summed E-state index contributed by atoms with van der Waals surface area (Å²) in [6, 6.07) is 16.2. The Morgan fingerprint density at radius 2 is 1.79 bits per heavy atom. The number of pyridine rings is 1. The van der Waals surface area contributed by atoms with Crippen LogP contribution in [0, 0.1) is 0 Å². The second kappa shape index (κ2) is 3.94. The SMILES string of the molecule is Cn1c2cnc3c4ccccc4oc3c2n2c3ccccc3nc12. The smallest absolute Gasteiger partial charge is 0.215 e. The van der Waals surface area contributed by atoms with E-state index < -0.39 is 0 Å². The molecule has 4 aromatic heterocycles. The van der Waals surface area contributed by atoms with Gasteiger partial charge in [0.05, 0.1) is 22.7 Å². The van der Waals surface area contributed by atoms with E-state index in [1.54, 1.807) is 0 Å². The Balaban J connectivity index is 1.99. The largest absolute Gasteiger partial charge is 0.452 e. The number of hydrogen-bond acceptors (Lipinski definition) is 3. The monoisotopic (exact) mass is 312 g/mol. The van der Waals surface area contributed by atoms with Gasteiger partial charge in [-0.15, -0.1) is 0 Å². The third-order valence-corrected chi connectivity index (χ3v) is 4.77. The van der Waals surface area contributed by atoms with Crippen molar-refractivity contribution in [2.45, 2.75) is 0 Å². The van der Waals surface area contributed by atoms with Crippen molar-refractivity contribution in [1.29, 1.82) is 0 Å². The van der Waals surface area contributed by atoms with Crippen LogP contribution in [0.3, 0.4) is 0 Å². The van der Waals surface area contributed by atoms with Gasteiger partial charge in [0.25, 0.3) is 0 Å². The Kier molecular flexibility index (Phi) is 1.99. The standard InChI is InChI=1S/C19H12N4O/c1-22-14-10-20-16-11-6-2-5-9-15(11)24-18(16)17(14)23-13-8-4-3-7-12(13)21-19(22)23/h2-10H,1H3. The average Bonchev–Trinajstić information content (AvgIpc) is 3.25. The predicted molar refractivity (Wildman–Crippen MR) is 94.2 cm³/mol. The van der Waals surface area contributed by atoms with Crippen LogP contribution in [0.25, 0.3) is 49.9 Å². The predicted octanol–water partition coefficient (Wildman–Crippen LogP) is 4.27. The molecular weight excluding hydrogens is 300 g/mol. The van der Waals surface area contributed by atoms with E-state index >= 15 is 0 Å². The average molecular weight is 312 g/mol. The molecular formula is C19H12N4O. The number of furan rings is 1. The van der Waals surface area contributed by atoms with E-state index in [1.807, 2.05) is 55.7 Å². The molecule has 0 unspecified atom stereocenters. The van der Waals surface area contributed by atoms with Crippen LogP contribution in [0.15, 0.2) is 59.1 Å². The molecule has 5 heteroatoms. The minimum atomic E-state index is 0.808. The third-order valence-electron chi connectivity index (χ3n) is 4.77. The van der Waals surface area contributed by atoms with Crippen molar-refractivity contribution in [3.05, 3.63) is 54.7 Å². The Bertz CT molecular complexity index is 1420. The highest BCUT2D eigenvalue weighted by atomic mass is 16.3. The highest BCUT2D eigenvalue weighted by Crippen LogP contribution is 2.34. The molecule has 0 saturated heterocycles. The van der Waals surface area contributed by atoms with E-state index in [0.29, 0.717) is 0 Å². The zero-order valence-corrected chi connectivity index (χ0v) is 12.9. The highest BCUT2D eigenvalue weighted by Gasteiger charge is 2.19. The maximum atomic E-state index is 6.18. The summed E-state index contributed by atoms with van der Waals surface area (Å²) in [5, 5.41) is 1.04. The van der Waals surface area contributed by atoms with Crippen LogP contribution in [-0.2, 0) is 7.05 Å². The fourth-order valence-electron chi connectivity index (χ4n) is 3.65. The molecule has 24 heavy (non-hydrogen) atoms. The van der Waals surface area contributed by atoms with Crippen molar-refractivity contribution in [3.8, 4) is 0 Å². The molecule has 0 atom stereocenters. The van der Waals surface area contributed by atoms with Gasteiger partial charge in [-0.2, -0.15) is 0 Å². The molecule has 0 fully saturated rings. The molecule has 0 N–H and O–H groups in total. The van der Waals surface area contributed by atoms with E-state index in [0.717, 1.165) is 49.9 Å². The Hall–Kier alpha value is -3.34. The summed E-state index contributed by atoms with van der Waals surface area (Å²) in [7, 11) is 2.01. The van der Waals surface area contributed by atoms with Gasteiger partial charge in [-0.1, -0.05) is 24.3 Å². The minimum absolute atomic E-state index is 0.808. The lowest BCUT2D eigenvalue weighted by molar-refractivity contribution is 0.671. The van der Waals surface area contributed by atoms with Crippen molar-refractivity contribution >= 4 is 49.9 Å². The summed E-state index contributed by atoms with van der Waals surface area (Å²) < 4.78 is 10.4. The number of para-hydroxylation sites is 3. The molecule has 6 aromatic rings. The van der Waals surface area contributed by atoms with Crippen LogP contribution in [0.5, 0.6) is 0 Å². The minimum Gasteiger partial charge on any atom is -0.452 e. The van der Waals surface area contributed by atoms with Gasteiger partial charge in [0.15, 0.2) is 5.58 Å². The number of benzene rings is 2. The zero-order chi connectivity index (χ0) is 15.8. The lowest BCUT2D eigenvalue weighted by atomic mass is 10.2.